The number of hydrogen-bond acceptors (Lipinski definition) is 5. The van der Waals surface area contributed by atoms with Gasteiger partial charge in [0.25, 0.3) is 0 Å². The average Bonchev–Trinajstić information content (AvgIpc) is 3.07. The second-order valence-electron chi connectivity index (χ2n) is 5.87. The van der Waals surface area contributed by atoms with Crippen LogP contribution in [0.1, 0.15) is 17.2 Å². The molecule has 0 saturated carbocycles. The molecule has 1 fully saturated rings. The van der Waals surface area contributed by atoms with Crippen LogP contribution in [0.15, 0.2) is 40.9 Å². The molecule has 0 aromatic heterocycles. The van der Waals surface area contributed by atoms with Gasteiger partial charge in [-0.1, -0.05) is 22.0 Å². The Balaban J connectivity index is 1.79. The highest BCUT2D eigenvalue weighted by Crippen LogP contribution is 2.40. The molecule has 2 aliphatic heterocycles. The molecule has 1 N–H and O–H groups in total. The van der Waals surface area contributed by atoms with Crippen LogP contribution in [0.3, 0.4) is 0 Å². The lowest BCUT2D eigenvalue weighted by Gasteiger charge is -2.35. The molecule has 0 radical (unpaired) electrons. The SMILES string of the molecule is Oc1ccc(Br)cc1[C@@H](c1ccc2c(c1)OCO2)N1CCOCC1. The summed E-state index contributed by atoms with van der Waals surface area (Å²) in [6, 6.07) is 11.4. The van der Waals surface area contributed by atoms with E-state index in [1.54, 1.807) is 6.07 Å². The van der Waals surface area contributed by atoms with Crippen molar-refractivity contribution in [1.29, 1.82) is 0 Å². The van der Waals surface area contributed by atoms with E-state index in [1.807, 2.05) is 30.3 Å². The quantitative estimate of drug-likeness (QED) is 0.869. The fraction of sp³-hybridized carbons (Fsp3) is 0.333. The van der Waals surface area contributed by atoms with E-state index in [2.05, 4.69) is 20.8 Å². The Kier molecular flexibility index (Phi) is 4.35. The fourth-order valence-electron chi connectivity index (χ4n) is 3.25. The normalized spacial score (nSPS) is 18.5. The highest BCUT2D eigenvalue weighted by Gasteiger charge is 2.28. The van der Waals surface area contributed by atoms with Crippen molar-refractivity contribution in [1.82, 2.24) is 4.90 Å². The van der Waals surface area contributed by atoms with Crippen LogP contribution in [-0.2, 0) is 4.74 Å². The molecule has 6 heteroatoms. The van der Waals surface area contributed by atoms with E-state index in [-0.39, 0.29) is 18.6 Å². The predicted molar refractivity (Wildman–Crippen MR) is 92.6 cm³/mol. The number of morpholine rings is 1. The van der Waals surface area contributed by atoms with E-state index in [1.165, 1.54) is 0 Å². The Hall–Kier alpha value is -1.76. The molecule has 0 aliphatic carbocycles. The van der Waals surface area contributed by atoms with Gasteiger partial charge in [-0.3, -0.25) is 4.90 Å². The molecule has 126 valence electrons. The smallest absolute Gasteiger partial charge is 0.231 e. The molecule has 24 heavy (non-hydrogen) atoms. The predicted octanol–water partition coefficient (Wildman–Crippen LogP) is 3.31. The first-order valence-corrected chi connectivity index (χ1v) is 8.71. The number of hydrogen-bond donors (Lipinski definition) is 1. The number of rotatable bonds is 3. The van der Waals surface area contributed by atoms with E-state index < -0.39 is 0 Å². The van der Waals surface area contributed by atoms with Crippen molar-refractivity contribution in [2.75, 3.05) is 33.1 Å². The van der Waals surface area contributed by atoms with Gasteiger partial charge in [-0.2, -0.15) is 0 Å². The van der Waals surface area contributed by atoms with E-state index in [4.69, 9.17) is 14.2 Å². The number of phenolic OH excluding ortho intramolecular Hbond substituents is 1. The lowest BCUT2D eigenvalue weighted by atomic mass is 9.95. The van der Waals surface area contributed by atoms with Crippen LogP contribution in [0.4, 0.5) is 0 Å². The topological polar surface area (TPSA) is 51.2 Å². The Bertz CT molecular complexity index is 746. The van der Waals surface area contributed by atoms with Crippen LogP contribution in [0.2, 0.25) is 0 Å². The number of fused-ring (bicyclic) bond motifs is 1. The molecular weight excluding hydrogens is 374 g/mol. The second-order valence-corrected chi connectivity index (χ2v) is 6.78. The molecule has 2 aliphatic rings. The van der Waals surface area contributed by atoms with Crippen LogP contribution in [0, 0.1) is 0 Å². The van der Waals surface area contributed by atoms with Gasteiger partial charge in [0.1, 0.15) is 5.75 Å². The molecule has 1 atom stereocenters. The van der Waals surface area contributed by atoms with Gasteiger partial charge >= 0.3 is 0 Å². The van der Waals surface area contributed by atoms with Gasteiger partial charge in [0.05, 0.1) is 19.3 Å². The monoisotopic (exact) mass is 391 g/mol. The van der Waals surface area contributed by atoms with Gasteiger partial charge in [0.15, 0.2) is 11.5 Å². The van der Waals surface area contributed by atoms with Gasteiger partial charge in [0, 0.05) is 23.1 Å². The molecule has 2 aromatic carbocycles. The summed E-state index contributed by atoms with van der Waals surface area (Å²) in [7, 11) is 0. The van der Waals surface area contributed by atoms with Gasteiger partial charge in [0.2, 0.25) is 6.79 Å². The molecule has 4 rings (SSSR count). The van der Waals surface area contributed by atoms with Crippen LogP contribution in [0.25, 0.3) is 0 Å². The summed E-state index contributed by atoms with van der Waals surface area (Å²) in [5.41, 5.74) is 1.93. The maximum atomic E-state index is 10.5. The first-order chi connectivity index (χ1) is 11.7. The molecule has 0 bridgehead atoms. The second kappa shape index (κ2) is 6.63. The van der Waals surface area contributed by atoms with E-state index in [9.17, 15) is 5.11 Å². The summed E-state index contributed by atoms with van der Waals surface area (Å²) < 4.78 is 17.4. The Morgan fingerprint density at radius 2 is 1.79 bits per heavy atom. The van der Waals surface area contributed by atoms with Crippen molar-refractivity contribution in [3.8, 4) is 17.2 Å². The summed E-state index contributed by atoms with van der Waals surface area (Å²) in [5.74, 6) is 1.80. The van der Waals surface area contributed by atoms with Crippen LogP contribution < -0.4 is 9.47 Å². The van der Waals surface area contributed by atoms with Crippen molar-refractivity contribution in [2.24, 2.45) is 0 Å². The highest BCUT2D eigenvalue weighted by atomic mass is 79.9. The number of nitrogens with zero attached hydrogens (tertiary/aromatic N) is 1. The summed E-state index contributed by atoms with van der Waals surface area (Å²) in [4.78, 5) is 2.32. The number of phenols is 1. The molecule has 5 nitrogen and oxygen atoms in total. The number of aromatic hydroxyl groups is 1. The maximum absolute atomic E-state index is 10.5. The minimum Gasteiger partial charge on any atom is -0.508 e. The summed E-state index contributed by atoms with van der Waals surface area (Å²) >= 11 is 3.51. The number of halogens is 1. The van der Waals surface area contributed by atoms with Crippen molar-refractivity contribution >= 4 is 15.9 Å². The lowest BCUT2D eigenvalue weighted by molar-refractivity contribution is 0.0235. The van der Waals surface area contributed by atoms with Crippen molar-refractivity contribution in [3.05, 3.63) is 52.0 Å². The molecular formula is C18H18BrNO4. The Labute approximate surface area is 148 Å². The van der Waals surface area contributed by atoms with Gasteiger partial charge in [-0.15, -0.1) is 0 Å². The Morgan fingerprint density at radius 3 is 2.62 bits per heavy atom. The lowest BCUT2D eigenvalue weighted by Crippen LogP contribution is -2.39. The van der Waals surface area contributed by atoms with Gasteiger partial charge in [-0.05, 0) is 35.9 Å². The first-order valence-electron chi connectivity index (χ1n) is 7.92. The zero-order valence-electron chi connectivity index (χ0n) is 13.1. The van der Waals surface area contributed by atoms with Crippen LogP contribution in [0.5, 0.6) is 17.2 Å². The summed E-state index contributed by atoms with van der Waals surface area (Å²) in [6.45, 7) is 3.25. The minimum atomic E-state index is -0.0686. The van der Waals surface area contributed by atoms with E-state index >= 15 is 0 Å². The standard InChI is InChI=1S/C18H18BrNO4/c19-13-2-3-15(21)14(10-13)18(20-5-7-22-8-6-20)12-1-4-16-17(9-12)24-11-23-16/h1-4,9-10,18,21H,5-8,11H2/t18-/m1/s1. The van der Waals surface area contributed by atoms with Crippen molar-refractivity contribution in [2.45, 2.75) is 6.04 Å². The Morgan fingerprint density at radius 1 is 1.00 bits per heavy atom. The zero-order valence-corrected chi connectivity index (χ0v) is 14.7. The fourth-order valence-corrected chi connectivity index (χ4v) is 3.63. The number of benzene rings is 2. The van der Waals surface area contributed by atoms with Crippen LogP contribution in [-0.4, -0.2) is 43.1 Å². The molecule has 0 amide bonds. The third-order valence-electron chi connectivity index (χ3n) is 4.41. The summed E-state index contributed by atoms with van der Waals surface area (Å²) in [5, 5.41) is 10.5. The first kappa shape index (κ1) is 15.7. The third-order valence-corrected chi connectivity index (χ3v) is 4.90. The molecule has 2 heterocycles. The van der Waals surface area contributed by atoms with E-state index in [0.29, 0.717) is 13.2 Å². The molecule has 2 aromatic rings. The maximum Gasteiger partial charge on any atom is 0.231 e. The molecule has 1 saturated heterocycles. The van der Waals surface area contributed by atoms with Gasteiger partial charge < -0.3 is 19.3 Å². The zero-order chi connectivity index (χ0) is 16.5. The highest BCUT2D eigenvalue weighted by molar-refractivity contribution is 9.10. The third kappa shape index (κ3) is 2.97. The van der Waals surface area contributed by atoms with Gasteiger partial charge in [-0.25, -0.2) is 0 Å². The minimum absolute atomic E-state index is 0.0686. The average molecular weight is 392 g/mol. The molecule has 0 unspecified atom stereocenters. The molecule has 0 spiro atoms. The van der Waals surface area contributed by atoms with Crippen molar-refractivity contribution in [3.63, 3.8) is 0 Å². The van der Waals surface area contributed by atoms with E-state index in [0.717, 1.165) is 40.2 Å². The number of ether oxygens (including phenoxy) is 3. The van der Waals surface area contributed by atoms with Crippen molar-refractivity contribution < 1.29 is 19.3 Å². The summed E-state index contributed by atoms with van der Waals surface area (Å²) in [6.07, 6.45) is 0. The largest absolute Gasteiger partial charge is 0.508 e. The van der Waals surface area contributed by atoms with Crippen LogP contribution >= 0.6 is 15.9 Å².